The van der Waals surface area contributed by atoms with Gasteiger partial charge in [-0.25, -0.2) is 0 Å². The second-order valence-electron chi connectivity index (χ2n) is 20.0. The van der Waals surface area contributed by atoms with Gasteiger partial charge in [-0.2, -0.15) is 0 Å². The molecule has 4 fully saturated rings. The molecule has 6 nitrogen and oxygen atoms in total. The molecular weight excluding hydrogens is 713 g/mol. The van der Waals surface area contributed by atoms with E-state index >= 15 is 0 Å². The predicted octanol–water partition coefficient (Wildman–Crippen LogP) is 11.9. The Morgan fingerprint density at radius 2 is 1.10 bits per heavy atom. The van der Waals surface area contributed by atoms with E-state index in [0.29, 0.717) is 0 Å². The number of amides is 2. The van der Waals surface area contributed by atoms with Gasteiger partial charge < -0.3 is 19.4 Å². The smallest absolute Gasteiger partial charge is 0.253 e. The molecular formula is C52H72N4O2. The standard InChI is InChI=1S/C27H38N2O.C25H34N2O/c1-3-29-25-11-9-21(20-7-5-4-6-8-20)17-23(25)24-18-22(10-12-26(24)29)27(30)28-15-13-19(2)14-16-28;1-17-11-13-27(14-12-17)25(28)20-8-10-24-22(16-20)21-15-19(7-9-23(21)26-24)18-5-3-2-4-6-18/h10,12,18-21H,3-9,11,13-17H2,1-2H3;8,10,16-19,26H,2-7,9,11-15H2,1H3. The summed E-state index contributed by atoms with van der Waals surface area (Å²) in [7, 11) is 0. The van der Waals surface area contributed by atoms with Crippen LogP contribution in [0.2, 0.25) is 0 Å². The van der Waals surface area contributed by atoms with Gasteiger partial charge in [0.05, 0.1) is 0 Å². The predicted molar refractivity (Wildman–Crippen MR) is 239 cm³/mol. The van der Waals surface area contributed by atoms with E-state index in [0.717, 1.165) is 105 Å². The van der Waals surface area contributed by atoms with Crippen LogP contribution in [0.15, 0.2) is 36.4 Å². The largest absolute Gasteiger partial charge is 0.358 e. The molecule has 2 amide bonds. The molecule has 0 radical (unpaired) electrons. The first-order valence-electron chi connectivity index (χ1n) is 24.2. The summed E-state index contributed by atoms with van der Waals surface area (Å²) in [5.41, 5.74) is 10.4. The van der Waals surface area contributed by atoms with Crippen LogP contribution in [-0.4, -0.2) is 57.3 Å². The highest BCUT2D eigenvalue weighted by Gasteiger charge is 2.33. The number of piperidine rings is 2. The average molecular weight is 785 g/mol. The van der Waals surface area contributed by atoms with E-state index in [1.807, 2.05) is 6.07 Å². The maximum Gasteiger partial charge on any atom is 0.253 e. The highest BCUT2D eigenvalue weighted by atomic mass is 16.2. The van der Waals surface area contributed by atoms with E-state index in [1.54, 1.807) is 11.3 Å². The number of carbonyl (C=O) groups excluding carboxylic acids is 2. The molecule has 312 valence electrons. The lowest BCUT2D eigenvalue weighted by atomic mass is 9.72. The van der Waals surface area contributed by atoms with Crippen molar-refractivity contribution < 1.29 is 9.59 Å². The van der Waals surface area contributed by atoms with Gasteiger partial charge in [0, 0.05) is 77.0 Å². The van der Waals surface area contributed by atoms with Crippen LogP contribution in [0.3, 0.4) is 0 Å². The normalized spacial score (nSPS) is 24.1. The Morgan fingerprint density at radius 3 is 1.67 bits per heavy atom. The third-order valence-corrected chi connectivity index (χ3v) is 16.3. The molecule has 2 saturated carbocycles. The van der Waals surface area contributed by atoms with Crippen LogP contribution in [0.1, 0.15) is 167 Å². The summed E-state index contributed by atoms with van der Waals surface area (Å²) in [6.07, 6.45) is 26.4. The maximum atomic E-state index is 13.2. The van der Waals surface area contributed by atoms with E-state index in [4.69, 9.17) is 0 Å². The molecule has 2 aliphatic heterocycles. The number of hydrogen-bond acceptors (Lipinski definition) is 2. The Balaban J connectivity index is 0.000000151. The number of benzene rings is 2. The number of nitrogens with one attached hydrogen (secondary N) is 1. The summed E-state index contributed by atoms with van der Waals surface area (Å²) < 4.78 is 2.53. The SMILES string of the molecule is CC1CCN(C(=O)c2ccc3[nH]c4c(c3c2)CC(C2CCCCC2)CC4)CC1.CCn1c2c(c3cc(C(=O)N4CCC(C)CC4)ccc31)CC(C1CCCCC1)CC2. The third-order valence-electron chi connectivity index (χ3n) is 16.3. The van der Waals surface area contributed by atoms with Crippen molar-refractivity contribution in [3.8, 4) is 0 Å². The molecule has 2 aromatic carbocycles. The zero-order chi connectivity index (χ0) is 39.8. The van der Waals surface area contributed by atoms with Crippen molar-refractivity contribution in [1.82, 2.24) is 19.4 Å². The van der Waals surface area contributed by atoms with E-state index < -0.39 is 0 Å². The van der Waals surface area contributed by atoms with Crippen molar-refractivity contribution >= 4 is 33.6 Å². The molecule has 2 aromatic heterocycles. The Kier molecular flexibility index (Phi) is 12.1. The Hall–Kier alpha value is -3.54. The van der Waals surface area contributed by atoms with Gasteiger partial charge in [-0.15, -0.1) is 0 Å². The van der Waals surface area contributed by atoms with Gasteiger partial charge in [0.25, 0.3) is 11.8 Å². The third kappa shape index (κ3) is 8.16. The molecule has 0 spiro atoms. The second kappa shape index (κ2) is 17.6. The lowest BCUT2D eigenvalue weighted by Gasteiger charge is -2.33. The van der Waals surface area contributed by atoms with Gasteiger partial charge in [0.2, 0.25) is 0 Å². The van der Waals surface area contributed by atoms with Crippen LogP contribution >= 0.6 is 0 Å². The summed E-state index contributed by atoms with van der Waals surface area (Å²) in [6.45, 7) is 11.5. The van der Waals surface area contributed by atoms with Gasteiger partial charge in [-0.05, 0) is 154 Å². The fourth-order valence-corrected chi connectivity index (χ4v) is 12.6. The van der Waals surface area contributed by atoms with Crippen LogP contribution in [0, 0.1) is 35.5 Å². The van der Waals surface area contributed by atoms with E-state index in [-0.39, 0.29) is 11.8 Å². The van der Waals surface area contributed by atoms with Crippen molar-refractivity contribution in [2.24, 2.45) is 35.5 Å². The quantitative estimate of drug-likeness (QED) is 0.219. The molecule has 6 aliphatic rings. The first kappa shape index (κ1) is 39.9. The lowest BCUT2D eigenvalue weighted by molar-refractivity contribution is 0.0689. The number of rotatable bonds is 5. The van der Waals surface area contributed by atoms with E-state index in [2.05, 4.69) is 70.5 Å². The molecule has 6 heteroatoms. The average Bonchev–Trinajstić information content (AvgIpc) is 3.81. The molecule has 4 aliphatic carbocycles. The first-order chi connectivity index (χ1) is 28.3. The molecule has 0 bridgehead atoms. The number of H-pyrrole nitrogens is 1. The number of aryl methyl sites for hydroxylation is 2. The highest BCUT2D eigenvalue weighted by Crippen LogP contribution is 2.43. The topological polar surface area (TPSA) is 61.3 Å². The second-order valence-corrected chi connectivity index (χ2v) is 20.0. The molecule has 2 unspecified atom stereocenters. The van der Waals surface area contributed by atoms with Gasteiger partial charge in [-0.1, -0.05) is 78.1 Å². The summed E-state index contributed by atoms with van der Waals surface area (Å²) in [4.78, 5) is 34.1. The highest BCUT2D eigenvalue weighted by molar-refractivity contribution is 6.00. The summed E-state index contributed by atoms with van der Waals surface area (Å²) in [6, 6.07) is 12.9. The summed E-state index contributed by atoms with van der Waals surface area (Å²) in [5.74, 6) is 5.49. The van der Waals surface area contributed by atoms with Crippen molar-refractivity contribution in [1.29, 1.82) is 0 Å². The van der Waals surface area contributed by atoms with Crippen molar-refractivity contribution in [3.63, 3.8) is 0 Å². The summed E-state index contributed by atoms with van der Waals surface area (Å²) >= 11 is 0. The summed E-state index contributed by atoms with van der Waals surface area (Å²) in [5, 5.41) is 2.68. The molecule has 1 N–H and O–H groups in total. The molecule has 2 saturated heterocycles. The monoisotopic (exact) mass is 785 g/mol. The first-order valence-corrected chi connectivity index (χ1v) is 24.2. The number of aromatic amines is 1. The van der Waals surface area contributed by atoms with Crippen molar-refractivity contribution in [2.45, 2.75) is 156 Å². The lowest BCUT2D eigenvalue weighted by Crippen LogP contribution is -2.37. The number of likely N-dealkylation sites (tertiary alicyclic amines) is 2. The molecule has 58 heavy (non-hydrogen) atoms. The minimum absolute atomic E-state index is 0.225. The minimum Gasteiger partial charge on any atom is -0.358 e. The fourth-order valence-electron chi connectivity index (χ4n) is 12.6. The minimum atomic E-state index is 0.225. The zero-order valence-electron chi connectivity index (χ0n) is 36.3. The van der Waals surface area contributed by atoms with Gasteiger partial charge >= 0.3 is 0 Å². The number of nitrogens with zero attached hydrogens (tertiary/aromatic N) is 3. The maximum absolute atomic E-state index is 13.2. The number of fused-ring (bicyclic) bond motifs is 6. The Morgan fingerprint density at radius 1 is 0.586 bits per heavy atom. The Labute approximate surface area is 348 Å². The van der Waals surface area contributed by atoms with Crippen LogP contribution in [0.5, 0.6) is 0 Å². The van der Waals surface area contributed by atoms with E-state index in [9.17, 15) is 9.59 Å². The van der Waals surface area contributed by atoms with Gasteiger partial charge in [0.15, 0.2) is 0 Å². The number of aromatic nitrogens is 2. The van der Waals surface area contributed by atoms with Crippen LogP contribution in [0.4, 0.5) is 0 Å². The van der Waals surface area contributed by atoms with Crippen LogP contribution < -0.4 is 0 Å². The fraction of sp³-hybridized carbons (Fsp3) is 0.654. The molecule has 4 heterocycles. The number of hydrogen-bond donors (Lipinski definition) is 1. The van der Waals surface area contributed by atoms with Crippen molar-refractivity contribution in [2.75, 3.05) is 26.2 Å². The van der Waals surface area contributed by atoms with Crippen LogP contribution in [-0.2, 0) is 32.2 Å². The zero-order valence-corrected chi connectivity index (χ0v) is 36.3. The van der Waals surface area contributed by atoms with Gasteiger partial charge in [-0.3, -0.25) is 9.59 Å². The van der Waals surface area contributed by atoms with Gasteiger partial charge in [0.1, 0.15) is 0 Å². The number of carbonyl (C=O) groups is 2. The van der Waals surface area contributed by atoms with E-state index in [1.165, 1.54) is 136 Å². The molecule has 10 rings (SSSR count). The van der Waals surface area contributed by atoms with Crippen LogP contribution in [0.25, 0.3) is 21.8 Å². The molecule has 4 aromatic rings. The molecule has 2 atom stereocenters. The van der Waals surface area contributed by atoms with Crippen molar-refractivity contribution in [3.05, 3.63) is 70.0 Å². The Bertz CT molecular complexity index is 2060.